The second-order valence-electron chi connectivity index (χ2n) is 7.20. The van der Waals surface area contributed by atoms with Crippen molar-refractivity contribution in [3.8, 4) is 10.8 Å². The third-order valence-electron chi connectivity index (χ3n) is 5.08. The van der Waals surface area contributed by atoms with Crippen molar-refractivity contribution in [2.45, 2.75) is 20.0 Å². The Labute approximate surface area is 184 Å². The molecule has 0 N–H and O–H groups in total. The van der Waals surface area contributed by atoms with E-state index in [9.17, 15) is 9.59 Å². The van der Waals surface area contributed by atoms with Crippen molar-refractivity contribution in [2.24, 2.45) is 0 Å². The minimum Gasteiger partial charge on any atom is -0.448 e. The first-order valence-corrected chi connectivity index (χ1v) is 10.9. The Hall–Kier alpha value is -3.33. The molecule has 1 aliphatic heterocycles. The summed E-state index contributed by atoms with van der Waals surface area (Å²) in [7, 11) is 0. The maximum atomic E-state index is 12.8. The van der Waals surface area contributed by atoms with Gasteiger partial charge >= 0.3 is 5.97 Å². The quantitative estimate of drug-likeness (QED) is 0.567. The van der Waals surface area contributed by atoms with Gasteiger partial charge in [-0.1, -0.05) is 18.2 Å². The van der Waals surface area contributed by atoms with Crippen molar-refractivity contribution in [3.63, 3.8) is 0 Å². The Balaban J connectivity index is 1.35. The number of aromatic nitrogens is 3. The minimum atomic E-state index is -0.867. The van der Waals surface area contributed by atoms with Gasteiger partial charge in [-0.05, 0) is 32.0 Å². The summed E-state index contributed by atoms with van der Waals surface area (Å²) in [5.74, 6) is -0.286. The number of nitrogens with zero attached hydrogens (tertiary/aromatic N) is 5. The summed E-state index contributed by atoms with van der Waals surface area (Å²) >= 11 is 1.17. The van der Waals surface area contributed by atoms with Crippen LogP contribution in [0.2, 0.25) is 0 Å². The van der Waals surface area contributed by atoms with Crippen molar-refractivity contribution in [1.82, 2.24) is 19.9 Å². The van der Waals surface area contributed by atoms with Gasteiger partial charge < -0.3 is 14.5 Å². The number of rotatable bonds is 5. The molecule has 0 spiro atoms. The van der Waals surface area contributed by atoms with E-state index in [0.717, 1.165) is 18.8 Å². The lowest BCUT2D eigenvalue weighted by atomic mass is 10.2. The summed E-state index contributed by atoms with van der Waals surface area (Å²) in [6, 6.07) is 11.8. The molecule has 0 aliphatic carbocycles. The van der Waals surface area contributed by atoms with E-state index in [1.165, 1.54) is 11.3 Å². The lowest BCUT2D eigenvalue weighted by Crippen LogP contribution is -2.51. The molecule has 0 bridgehead atoms. The second-order valence-corrected chi connectivity index (χ2v) is 8.20. The van der Waals surface area contributed by atoms with E-state index in [2.05, 4.69) is 32.0 Å². The lowest BCUT2D eigenvalue weighted by Gasteiger charge is -2.37. The summed E-state index contributed by atoms with van der Waals surface area (Å²) in [6.07, 6.45) is 2.37. The lowest BCUT2D eigenvalue weighted by molar-refractivity contribution is -0.140. The minimum absolute atomic E-state index is 0.185. The Bertz CT molecular complexity index is 1050. The van der Waals surface area contributed by atoms with Gasteiger partial charge in [0, 0.05) is 44.3 Å². The first kappa shape index (κ1) is 20.9. The number of benzene rings is 1. The van der Waals surface area contributed by atoms with Crippen LogP contribution in [-0.2, 0) is 9.53 Å². The highest BCUT2D eigenvalue weighted by molar-refractivity contribution is 7.16. The first-order chi connectivity index (χ1) is 15.0. The van der Waals surface area contributed by atoms with E-state index in [4.69, 9.17) is 4.74 Å². The number of thiazole rings is 1. The van der Waals surface area contributed by atoms with E-state index in [0.29, 0.717) is 34.5 Å². The van der Waals surface area contributed by atoms with Gasteiger partial charge in [-0.3, -0.25) is 4.79 Å². The number of hydrogen-bond acceptors (Lipinski definition) is 8. The van der Waals surface area contributed by atoms with Crippen molar-refractivity contribution in [1.29, 1.82) is 0 Å². The Kier molecular flexibility index (Phi) is 6.22. The summed E-state index contributed by atoms with van der Waals surface area (Å²) < 4.78 is 5.48. The number of amides is 1. The fourth-order valence-electron chi connectivity index (χ4n) is 3.44. The van der Waals surface area contributed by atoms with Crippen molar-refractivity contribution >= 4 is 28.9 Å². The molecule has 1 unspecified atom stereocenters. The molecule has 1 aliphatic rings. The Morgan fingerprint density at radius 2 is 1.71 bits per heavy atom. The number of anilines is 1. The highest BCUT2D eigenvalue weighted by Gasteiger charge is 2.29. The van der Waals surface area contributed by atoms with E-state index < -0.39 is 12.1 Å². The summed E-state index contributed by atoms with van der Waals surface area (Å²) in [6.45, 7) is 6.00. The van der Waals surface area contributed by atoms with E-state index in [-0.39, 0.29) is 5.91 Å². The number of piperazine rings is 1. The highest BCUT2D eigenvalue weighted by atomic mass is 32.1. The zero-order valence-electron chi connectivity index (χ0n) is 17.4. The molecule has 1 saturated heterocycles. The molecule has 1 aromatic carbocycles. The van der Waals surface area contributed by atoms with Gasteiger partial charge in [0.2, 0.25) is 0 Å². The van der Waals surface area contributed by atoms with Gasteiger partial charge in [0.15, 0.2) is 16.9 Å². The number of hydrogen-bond donors (Lipinski definition) is 0. The standard InChI is InChI=1S/C22H23N5O3S/c1-15-18(31-20(25-15)19-23-9-6-10-24-19)22(29)30-16(2)21(28)27-13-11-26(12-14-27)17-7-4-3-5-8-17/h3-10,16H,11-14H2,1-2H3. The molecule has 2 aromatic heterocycles. The molecule has 1 amide bonds. The van der Waals surface area contributed by atoms with Crippen molar-refractivity contribution in [2.75, 3.05) is 31.1 Å². The van der Waals surface area contributed by atoms with Crippen LogP contribution in [0.5, 0.6) is 0 Å². The maximum absolute atomic E-state index is 12.8. The SMILES string of the molecule is Cc1nc(-c2ncccn2)sc1C(=O)OC(C)C(=O)N1CCN(c2ccccc2)CC1. The molecule has 160 valence electrons. The highest BCUT2D eigenvalue weighted by Crippen LogP contribution is 2.26. The molecule has 3 heterocycles. The van der Waals surface area contributed by atoms with E-state index in [1.54, 1.807) is 37.2 Å². The van der Waals surface area contributed by atoms with E-state index in [1.807, 2.05) is 18.2 Å². The van der Waals surface area contributed by atoms with Gasteiger partial charge in [0.05, 0.1) is 5.69 Å². The average molecular weight is 438 g/mol. The first-order valence-electron chi connectivity index (χ1n) is 10.1. The van der Waals surface area contributed by atoms with Crippen LogP contribution in [-0.4, -0.2) is 64.0 Å². The molecule has 0 radical (unpaired) electrons. The molecule has 31 heavy (non-hydrogen) atoms. The summed E-state index contributed by atoms with van der Waals surface area (Å²) in [4.78, 5) is 42.5. The molecule has 1 atom stereocenters. The van der Waals surface area contributed by atoms with Crippen LogP contribution in [0.1, 0.15) is 22.3 Å². The van der Waals surface area contributed by atoms with Crippen LogP contribution < -0.4 is 4.90 Å². The topological polar surface area (TPSA) is 88.5 Å². The number of esters is 1. The zero-order chi connectivity index (χ0) is 21.8. The fourth-order valence-corrected chi connectivity index (χ4v) is 4.33. The smallest absolute Gasteiger partial charge is 0.351 e. The summed E-state index contributed by atoms with van der Waals surface area (Å²) in [5.41, 5.74) is 1.68. The van der Waals surface area contributed by atoms with Crippen LogP contribution in [0.15, 0.2) is 48.8 Å². The van der Waals surface area contributed by atoms with Crippen LogP contribution in [0.3, 0.4) is 0 Å². The van der Waals surface area contributed by atoms with Gasteiger partial charge in [0.1, 0.15) is 4.88 Å². The van der Waals surface area contributed by atoms with Crippen LogP contribution in [0.4, 0.5) is 5.69 Å². The third kappa shape index (κ3) is 4.72. The maximum Gasteiger partial charge on any atom is 0.351 e. The van der Waals surface area contributed by atoms with Crippen LogP contribution in [0.25, 0.3) is 10.8 Å². The Morgan fingerprint density at radius 3 is 2.39 bits per heavy atom. The zero-order valence-corrected chi connectivity index (χ0v) is 18.2. The monoisotopic (exact) mass is 437 g/mol. The van der Waals surface area contributed by atoms with Gasteiger partial charge in [-0.25, -0.2) is 19.7 Å². The van der Waals surface area contributed by atoms with Gasteiger partial charge in [-0.2, -0.15) is 0 Å². The fraction of sp³-hybridized carbons (Fsp3) is 0.318. The number of para-hydroxylation sites is 1. The number of carbonyl (C=O) groups excluding carboxylic acids is 2. The molecule has 1 fully saturated rings. The second kappa shape index (κ2) is 9.22. The van der Waals surface area contributed by atoms with E-state index >= 15 is 0 Å². The molecule has 3 aromatic rings. The van der Waals surface area contributed by atoms with Crippen molar-refractivity contribution in [3.05, 3.63) is 59.4 Å². The van der Waals surface area contributed by atoms with Crippen molar-refractivity contribution < 1.29 is 14.3 Å². The summed E-state index contributed by atoms with van der Waals surface area (Å²) in [5, 5.41) is 0.543. The number of aryl methyl sites for hydroxylation is 1. The molecule has 0 saturated carbocycles. The van der Waals surface area contributed by atoms with Crippen LogP contribution in [0, 0.1) is 6.92 Å². The van der Waals surface area contributed by atoms with Gasteiger partial charge in [0.25, 0.3) is 5.91 Å². The molecule has 4 rings (SSSR count). The Morgan fingerprint density at radius 1 is 1.03 bits per heavy atom. The predicted octanol–water partition coefficient (Wildman–Crippen LogP) is 2.80. The average Bonchev–Trinajstić information content (AvgIpc) is 3.21. The molecule has 9 heteroatoms. The molecular weight excluding hydrogens is 414 g/mol. The third-order valence-corrected chi connectivity index (χ3v) is 6.22. The van der Waals surface area contributed by atoms with Crippen LogP contribution >= 0.6 is 11.3 Å². The molecule has 8 nitrogen and oxygen atoms in total. The predicted molar refractivity (Wildman–Crippen MR) is 118 cm³/mol. The largest absolute Gasteiger partial charge is 0.448 e. The number of carbonyl (C=O) groups is 2. The molecular formula is C22H23N5O3S. The number of ether oxygens (including phenoxy) is 1. The normalized spacial score (nSPS) is 14.9. The van der Waals surface area contributed by atoms with Gasteiger partial charge in [-0.15, -0.1) is 11.3 Å².